The van der Waals surface area contributed by atoms with Crippen LogP contribution < -0.4 is 10.6 Å². The fourth-order valence-electron chi connectivity index (χ4n) is 3.63. The highest BCUT2D eigenvalue weighted by atomic mass is 16.2. The Morgan fingerprint density at radius 2 is 2.07 bits per heavy atom. The smallest absolute Gasteiger partial charge is 0.255 e. The Bertz CT molecular complexity index is 988. The lowest BCUT2D eigenvalue weighted by Crippen LogP contribution is -2.52. The molecule has 0 bridgehead atoms. The van der Waals surface area contributed by atoms with Crippen LogP contribution in [0.4, 0.5) is 5.82 Å². The predicted octanol–water partition coefficient (Wildman–Crippen LogP) is 1.97. The Kier molecular flexibility index (Phi) is 5.00. The van der Waals surface area contributed by atoms with Gasteiger partial charge in [0.05, 0.1) is 18.1 Å². The van der Waals surface area contributed by atoms with E-state index in [1.165, 1.54) is 0 Å². The Morgan fingerprint density at radius 1 is 1.24 bits per heavy atom. The van der Waals surface area contributed by atoms with Crippen LogP contribution in [0.15, 0.2) is 30.6 Å². The molecule has 1 fully saturated rings. The third-order valence-corrected chi connectivity index (χ3v) is 5.15. The molecular weight excluding hydrogens is 370 g/mol. The molecule has 2 aromatic rings. The number of aromatic nitrogens is 2. The van der Waals surface area contributed by atoms with Gasteiger partial charge in [-0.3, -0.25) is 24.7 Å². The first-order chi connectivity index (χ1) is 13.9. The summed E-state index contributed by atoms with van der Waals surface area (Å²) < 4.78 is 0. The van der Waals surface area contributed by atoms with Crippen LogP contribution in [-0.4, -0.2) is 45.2 Å². The van der Waals surface area contributed by atoms with Gasteiger partial charge in [-0.05, 0) is 30.0 Å². The molecule has 2 N–H and O–H groups in total. The number of imide groups is 1. The molecule has 0 saturated carbocycles. The molecule has 4 rings (SSSR count). The number of piperidine rings is 1. The number of carbonyl (C=O) groups is 3. The zero-order chi connectivity index (χ0) is 20.5. The molecule has 1 aromatic carbocycles. The van der Waals surface area contributed by atoms with Crippen molar-refractivity contribution >= 4 is 23.5 Å². The second-order valence-electron chi connectivity index (χ2n) is 7.84. The van der Waals surface area contributed by atoms with Crippen LogP contribution in [0.3, 0.4) is 0 Å². The lowest BCUT2D eigenvalue weighted by atomic mass is 10.0. The number of anilines is 1. The van der Waals surface area contributed by atoms with Gasteiger partial charge in [0, 0.05) is 30.6 Å². The maximum Gasteiger partial charge on any atom is 0.255 e. The van der Waals surface area contributed by atoms with Crippen molar-refractivity contribution in [3.8, 4) is 11.3 Å². The Morgan fingerprint density at radius 3 is 2.83 bits per heavy atom. The maximum absolute atomic E-state index is 12.8. The number of hydrogen-bond donors (Lipinski definition) is 2. The second kappa shape index (κ2) is 7.62. The third-order valence-electron chi connectivity index (χ3n) is 5.15. The summed E-state index contributed by atoms with van der Waals surface area (Å²) in [7, 11) is 0. The number of nitrogens with one attached hydrogen (secondary N) is 2. The first-order valence-electron chi connectivity index (χ1n) is 9.76. The Labute approximate surface area is 168 Å². The number of fused-ring (bicyclic) bond motifs is 1. The average Bonchev–Trinajstić information content (AvgIpc) is 3.02. The summed E-state index contributed by atoms with van der Waals surface area (Å²) in [6.07, 6.45) is 3.98. The van der Waals surface area contributed by atoms with Gasteiger partial charge >= 0.3 is 0 Å². The van der Waals surface area contributed by atoms with Crippen molar-refractivity contribution in [2.24, 2.45) is 5.92 Å². The normalized spacial score (nSPS) is 18.8. The highest BCUT2D eigenvalue weighted by Crippen LogP contribution is 2.30. The molecule has 1 atom stereocenters. The number of carbonyl (C=O) groups excluding carboxylic acids is 3. The van der Waals surface area contributed by atoms with Gasteiger partial charge in [0.15, 0.2) is 0 Å². The van der Waals surface area contributed by atoms with Crippen LogP contribution in [0, 0.1) is 5.92 Å². The zero-order valence-corrected chi connectivity index (χ0v) is 16.4. The lowest BCUT2D eigenvalue weighted by molar-refractivity contribution is -0.136. The van der Waals surface area contributed by atoms with Gasteiger partial charge < -0.3 is 10.2 Å². The Balaban J connectivity index is 1.56. The summed E-state index contributed by atoms with van der Waals surface area (Å²) in [6.45, 7) is 5.39. The van der Waals surface area contributed by atoms with E-state index in [0.717, 1.165) is 17.7 Å². The standard InChI is InChI=1S/C21H23N5O3/c1-12(2)8-23-18-10-22-9-16(24-18)13-3-4-15-14(7-13)11-26(21(15)29)17-5-6-19(27)25-20(17)28/h3-4,7,9-10,12,17H,5-6,8,11H2,1-2H3,(H,23,24)(H,25,27,28). The molecular formula is C21H23N5O3. The topological polar surface area (TPSA) is 104 Å². The molecule has 2 aliphatic rings. The van der Waals surface area contributed by atoms with Crippen molar-refractivity contribution < 1.29 is 14.4 Å². The van der Waals surface area contributed by atoms with E-state index in [0.29, 0.717) is 36.0 Å². The molecule has 8 heteroatoms. The minimum atomic E-state index is -0.612. The molecule has 1 aromatic heterocycles. The molecule has 3 amide bonds. The first kappa shape index (κ1) is 19.0. The van der Waals surface area contributed by atoms with Crippen molar-refractivity contribution in [3.63, 3.8) is 0 Å². The molecule has 0 aliphatic carbocycles. The van der Waals surface area contributed by atoms with Crippen LogP contribution in [0.1, 0.15) is 42.6 Å². The Hall–Kier alpha value is -3.29. The SMILES string of the molecule is CC(C)CNc1cncc(-c2ccc3c(c2)CN(C2CCC(=O)NC2=O)C3=O)n1. The van der Waals surface area contributed by atoms with Crippen molar-refractivity contribution in [3.05, 3.63) is 41.7 Å². The molecule has 1 unspecified atom stereocenters. The van der Waals surface area contributed by atoms with E-state index >= 15 is 0 Å². The summed E-state index contributed by atoms with van der Waals surface area (Å²) in [6, 6.07) is 4.94. The highest BCUT2D eigenvalue weighted by molar-refractivity contribution is 6.05. The molecule has 1 saturated heterocycles. The fraction of sp³-hybridized carbons (Fsp3) is 0.381. The minimum absolute atomic E-state index is 0.181. The van der Waals surface area contributed by atoms with E-state index < -0.39 is 11.9 Å². The average molecular weight is 393 g/mol. The number of nitrogens with zero attached hydrogens (tertiary/aromatic N) is 3. The van der Waals surface area contributed by atoms with Gasteiger partial charge in [0.2, 0.25) is 11.8 Å². The summed E-state index contributed by atoms with van der Waals surface area (Å²) in [4.78, 5) is 46.8. The van der Waals surface area contributed by atoms with Gasteiger partial charge in [-0.25, -0.2) is 4.98 Å². The summed E-state index contributed by atoms with van der Waals surface area (Å²) in [5, 5.41) is 5.58. The van der Waals surface area contributed by atoms with E-state index in [1.807, 2.05) is 12.1 Å². The van der Waals surface area contributed by atoms with Crippen molar-refractivity contribution in [1.29, 1.82) is 0 Å². The quantitative estimate of drug-likeness (QED) is 0.753. The van der Waals surface area contributed by atoms with Crippen LogP contribution in [0.2, 0.25) is 0 Å². The van der Waals surface area contributed by atoms with Gasteiger partial charge in [0.25, 0.3) is 5.91 Å². The lowest BCUT2D eigenvalue weighted by Gasteiger charge is -2.29. The van der Waals surface area contributed by atoms with E-state index in [9.17, 15) is 14.4 Å². The predicted molar refractivity (Wildman–Crippen MR) is 107 cm³/mol. The van der Waals surface area contributed by atoms with Crippen molar-refractivity contribution in [1.82, 2.24) is 20.2 Å². The fourth-order valence-corrected chi connectivity index (χ4v) is 3.63. The van der Waals surface area contributed by atoms with E-state index in [1.54, 1.807) is 23.4 Å². The van der Waals surface area contributed by atoms with E-state index in [4.69, 9.17) is 0 Å². The largest absolute Gasteiger partial charge is 0.369 e. The molecule has 2 aliphatic heterocycles. The summed E-state index contributed by atoms with van der Waals surface area (Å²) in [5.74, 6) is 0.321. The number of amides is 3. The minimum Gasteiger partial charge on any atom is -0.369 e. The van der Waals surface area contributed by atoms with Crippen LogP contribution in [0.5, 0.6) is 0 Å². The molecule has 3 heterocycles. The molecule has 150 valence electrons. The highest BCUT2D eigenvalue weighted by Gasteiger charge is 2.39. The number of rotatable bonds is 5. The second-order valence-corrected chi connectivity index (χ2v) is 7.84. The van der Waals surface area contributed by atoms with Gasteiger partial charge in [-0.2, -0.15) is 0 Å². The zero-order valence-electron chi connectivity index (χ0n) is 16.4. The molecule has 8 nitrogen and oxygen atoms in total. The maximum atomic E-state index is 12.8. The first-order valence-corrected chi connectivity index (χ1v) is 9.76. The summed E-state index contributed by atoms with van der Waals surface area (Å²) >= 11 is 0. The van der Waals surface area contributed by atoms with Crippen LogP contribution in [0.25, 0.3) is 11.3 Å². The van der Waals surface area contributed by atoms with Crippen LogP contribution >= 0.6 is 0 Å². The van der Waals surface area contributed by atoms with Gasteiger partial charge in [0.1, 0.15) is 11.9 Å². The number of hydrogen-bond acceptors (Lipinski definition) is 6. The van der Waals surface area contributed by atoms with E-state index in [2.05, 4.69) is 34.4 Å². The van der Waals surface area contributed by atoms with Crippen LogP contribution in [-0.2, 0) is 16.1 Å². The number of benzene rings is 1. The van der Waals surface area contributed by atoms with E-state index in [-0.39, 0.29) is 18.2 Å². The third kappa shape index (κ3) is 3.83. The monoisotopic (exact) mass is 393 g/mol. The molecule has 0 radical (unpaired) electrons. The van der Waals surface area contributed by atoms with Crippen molar-refractivity contribution in [2.75, 3.05) is 11.9 Å². The molecule has 29 heavy (non-hydrogen) atoms. The van der Waals surface area contributed by atoms with Gasteiger partial charge in [-0.1, -0.05) is 19.9 Å². The van der Waals surface area contributed by atoms with Crippen molar-refractivity contribution in [2.45, 2.75) is 39.3 Å². The summed E-state index contributed by atoms with van der Waals surface area (Å²) in [5.41, 5.74) is 3.01. The molecule has 0 spiro atoms. The van der Waals surface area contributed by atoms with Gasteiger partial charge in [-0.15, -0.1) is 0 Å².